The summed E-state index contributed by atoms with van der Waals surface area (Å²) in [5.41, 5.74) is 4.67. The van der Waals surface area contributed by atoms with Gasteiger partial charge in [-0.15, -0.1) is 10.2 Å². The second kappa shape index (κ2) is 10.2. The van der Waals surface area contributed by atoms with E-state index in [2.05, 4.69) is 47.1 Å². The number of hydrogen-bond donors (Lipinski definition) is 0. The molecule has 1 fully saturated rings. The monoisotopic (exact) mass is 434 g/mol. The summed E-state index contributed by atoms with van der Waals surface area (Å²) in [7, 11) is 0. The molecule has 0 spiro atoms. The number of anilines is 1. The van der Waals surface area contributed by atoms with Crippen LogP contribution in [-0.2, 0) is 17.8 Å². The summed E-state index contributed by atoms with van der Waals surface area (Å²) in [5, 5.41) is 10.4. The molecule has 1 aliphatic rings. The quantitative estimate of drug-likeness (QED) is 0.470. The van der Waals surface area contributed by atoms with Gasteiger partial charge in [-0.1, -0.05) is 73.2 Å². The molecule has 0 bridgehead atoms. The molecule has 6 heteroatoms. The number of unbranched alkanes of at least 4 members (excludes halogenated alkanes) is 1. The molecule has 4 rings (SSSR count). The van der Waals surface area contributed by atoms with Gasteiger partial charge in [0.2, 0.25) is 11.0 Å². The molecule has 1 amide bonds. The molecule has 0 aliphatic carbocycles. The second-order valence-corrected chi connectivity index (χ2v) is 9.19. The standard InChI is InChI=1S/C25H30N4OS/c1-3-4-15-29(23(30)17-20-9-6-5-7-10-20)25-27-26-24(31-25)22-12-11-21(16-19(22)2)18-28-13-8-14-28/h5-7,9-12,16H,3-4,8,13-15,17-18H2,1-2H3. The summed E-state index contributed by atoms with van der Waals surface area (Å²) in [5.74, 6) is 0.0731. The average molecular weight is 435 g/mol. The molecule has 3 aromatic rings. The first-order valence-corrected chi connectivity index (χ1v) is 12.0. The molecule has 1 aromatic heterocycles. The SMILES string of the molecule is CCCCN(C(=O)Cc1ccccc1)c1nnc(-c2ccc(CN3CCC3)cc2C)s1. The Bertz CT molecular complexity index is 1010. The fourth-order valence-electron chi connectivity index (χ4n) is 3.80. The predicted octanol–water partition coefficient (Wildman–Crippen LogP) is 5.10. The maximum Gasteiger partial charge on any atom is 0.233 e. The van der Waals surface area contributed by atoms with Crippen molar-refractivity contribution in [2.75, 3.05) is 24.5 Å². The summed E-state index contributed by atoms with van der Waals surface area (Å²) in [4.78, 5) is 17.3. The van der Waals surface area contributed by atoms with Gasteiger partial charge in [-0.3, -0.25) is 14.6 Å². The van der Waals surface area contributed by atoms with Gasteiger partial charge >= 0.3 is 0 Å². The summed E-state index contributed by atoms with van der Waals surface area (Å²) in [6.07, 6.45) is 3.66. The first-order valence-electron chi connectivity index (χ1n) is 11.1. The van der Waals surface area contributed by atoms with Gasteiger partial charge in [-0.05, 0) is 49.5 Å². The Morgan fingerprint density at radius 3 is 2.58 bits per heavy atom. The number of rotatable bonds is 9. The van der Waals surface area contributed by atoms with Crippen molar-refractivity contribution in [1.29, 1.82) is 0 Å². The van der Waals surface area contributed by atoms with Crippen molar-refractivity contribution in [3.63, 3.8) is 0 Å². The molecule has 1 aliphatic heterocycles. The van der Waals surface area contributed by atoms with E-state index >= 15 is 0 Å². The van der Waals surface area contributed by atoms with Crippen LogP contribution in [0.3, 0.4) is 0 Å². The Balaban J connectivity index is 1.52. The Morgan fingerprint density at radius 1 is 1.10 bits per heavy atom. The molecular formula is C25H30N4OS. The van der Waals surface area contributed by atoms with Crippen LogP contribution in [0.15, 0.2) is 48.5 Å². The first kappa shape index (κ1) is 21.7. The van der Waals surface area contributed by atoms with Crippen molar-refractivity contribution < 1.29 is 4.79 Å². The number of aryl methyl sites for hydroxylation is 1. The van der Waals surface area contributed by atoms with E-state index in [1.54, 1.807) is 0 Å². The summed E-state index contributed by atoms with van der Waals surface area (Å²) < 4.78 is 0. The van der Waals surface area contributed by atoms with Crippen LogP contribution < -0.4 is 4.90 Å². The van der Waals surface area contributed by atoms with Gasteiger partial charge in [0.15, 0.2) is 0 Å². The third-order valence-electron chi connectivity index (χ3n) is 5.76. The van der Waals surface area contributed by atoms with E-state index in [1.807, 2.05) is 35.2 Å². The number of aromatic nitrogens is 2. The number of carbonyl (C=O) groups excluding carboxylic acids is 1. The summed E-state index contributed by atoms with van der Waals surface area (Å²) in [6, 6.07) is 16.5. The van der Waals surface area contributed by atoms with Crippen molar-refractivity contribution in [1.82, 2.24) is 15.1 Å². The van der Waals surface area contributed by atoms with Gasteiger partial charge in [0.1, 0.15) is 5.01 Å². The minimum atomic E-state index is 0.0731. The highest BCUT2D eigenvalue weighted by molar-refractivity contribution is 7.18. The van der Waals surface area contributed by atoms with Crippen LogP contribution in [0, 0.1) is 6.92 Å². The summed E-state index contributed by atoms with van der Waals surface area (Å²) in [6.45, 7) is 8.35. The van der Waals surface area contributed by atoms with E-state index in [9.17, 15) is 4.79 Å². The summed E-state index contributed by atoms with van der Waals surface area (Å²) >= 11 is 1.51. The van der Waals surface area contributed by atoms with Gasteiger partial charge in [0.05, 0.1) is 6.42 Å². The van der Waals surface area contributed by atoms with E-state index < -0.39 is 0 Å². The number of nitrogens with zero attached hydrogens (tertiary/aromatic N) is 4. The molecule has 5 nitrogen and oxygen atoms in total. The number of benzene rings is 2. The molecule has 0 saturated carbocycles. The second-order valence-electron chi connectivity index (χ2n) is 8.23. The van der Waals surface area contributed by atoms with Crippen LogP contribution in [0.1, 0.15) is 42.9 Å². The number of amides is 1. The Labute approximate surface area is 188 Å². The zero-order valence-electron chi connectivity index (χ0n) is 18.4. The molecule has 0 unspecified atom stereocenters. The Morgan fingerprint density at radius 2 is 1.90 bits per heavy atom. The normalized spacial score (nSPS) is 13.7. The zero-order chi connectivity index (χ0) is 21.6. The maximum atomic E-state index is 13.1. The fourth-order valence-corrected chi connectivity index (χ4v) is 4.78. The number of likely N-dealkylation sites (tertiary alicyclic amines) is 1. The van der Waals surface area contributed by atoms with Crippen molar-refractivity contribution >= 4 is 22.4 Å². The number of hydrogen-bond acceptors (Lipinski definition) is 5. The van der Waals surface area contributed by atoms with Crippen LogP contribution in [-0.4, -0.2) is 40.6 Å². The first-order chi connectivity index (χ1) is 15.1. The van der Waals surface area contributed by atoms with Gasteiger partial charge < -0.3 is 0 Å². The van der Waals surface area contributed by atoms with Crippen LogP contribution in [0.25, 0.3) is 10.6 Å². The van der Waals surface area contributed by atoms with Gasteiger partial charge in [-0.2, -0.15) is 0 Å². The molecule has 0 radical (unpaired) electrons. The molecule has 31 heavy (non-hydrogen) atoms. The molecule has 162 valence electrons. The van der Waals surface area contributed by atoms with E-state index in [0.29, 0.717) is 18.1 Å². The van der Waals surface area contributed by atoms with Crippen LogP contribution in [0.4, 0.5) is 5.13 Å². The Kier molecular flexibility index (Phi) is 7.10. The van der Waals surface area contributed by atoms with E-state index in [4.69, 9.17) is 0 Å². The van der Waals surface area contributed by atoms with Crippen LogP contribution in [0.5, 0.6) is 0 Å². The fraction of sp³-hybridized carbons (Fsp3) is 0.400. The minimum Gasteiger partial charge on any atom is -0.299 e. The largest absolute Gasteiger partial charge is 0.299 e. The highest BCUT2D eigenvalue weighted by atomic mass is 32.1. The van der Waals surface area contributed by atoms with Gasteiger partial charge in [0, 0.05) is 18.7 Å². The third kappa shape index (κ3) is 5.38. The highest BCUT2D eigenvalue weighted by Gasteiger charge is 2.21. The smallest absolute Gasteiger partial charge is 0.233 e. The zero-order valence-corrected chi connectivity index (χ0v) is 19.2. The lowest BCUT2D eigenvalue weighted by Gasteiger charge is -2.30. The lowest BCUT2D eigenvalue weighted by Crippen LogP contribution is -2.36. The van der Waals surface area contributed by atoms with E-state index in [-0.39, 0.29) is 5.91 Å². The molecule has 2 aromatic carbocycles. The minimum absolute atomic E-state index is 0.0731. The lowest BCUT2D eigenvalue weighted by molar-refractivity contribution is -0.118. The van der Waals surface area contributed by atoms with E-state index in [1.165, 1.54) is 42.0 Å². The topological polar surface area (TPSA) is 49.3 Å². The lowest BCUT2D eigenvalue weighted by atomic mass is 10.0. The van der Waals surface area contributed by atoms with Crippen LogP contribution >= 0.6 is 11.3 Å². The third-order valence-corrected chi connectivity index (χ3v) is 6.74. The van der Waals surface area contributed by atoms with Gasteiger partial charge in [0.25, 0.3) is 0 Å². The van der Waals surface area contributed by atoms with Crippen LogP contribution in [0.2, 0.25) is 0 Å². The van der Waals surface area contributed by atoms with Crippen molar-refractivity contribution in [3.05, 3.63) is 65.2 Å². The van der Waals surface area contributed by atoms with Gasteiger partial charge in [-0.25, -0.2) is 0 Å². The Hall–Kier alpha value is -2.57. The average Bonchev–Trinajstić information content (AvgIpc) is 3.21. The molecule has 0 N–H and O–H groups in total. The highest BCUT2D eigenvalue weighted by Crippen LogP contribution is 2.32. The predicted molar refractivity (Wildman–Crippen MR) is 127 cm³/mol. The molecule has 2 heterocycles. The van der Waals surface area contributed by atoms with Crippen molar-refractivity contribution in [2.24, 2.45) is 0 Å². The molecule has 1 saturated heterocycles. The van der Waals surface area contributed by atoms with E-state index in [0.717, 1.165) is 35.5 Å². The van der Waals surface area contributed by atoms with Crippen molar-refractivity contribution in [3.8, 4) is 10.6 Å². The molecular weight excluding hydrogens is 404 g/mol. The van der Waals surface area contributed by atoms with Crippen molar-refractivity contribution in [2.45, 2.75) is 46.1 Å². The maximum absolute atomic E-state index is 13.1. The molecule has 0 atom stereocenters. The number of carbonyl (C=O) groups is 1.